The van der Waals surface area contributed by atoms with Crippen LogP contribution >= 0.6 is 0 Å². The lowest BCUT2D eigenvalue weighted by molar-refractivity contribution is -0.127. The minimum atomic E-state index is -0.544. The molecule has 23 heavy (non-hydrogen) atoms. The molecule has 1 atom stereocenters. The summed E-state index contributed by atoms with van der Waals surface area (Å²) in [6.07, 6.45) is 0. The molecule has 0 aliphatic carbocycles. The summed E-state index contributed by atoms with van der Waals surface area (Å²) in [6, 6.07) is 3.60. The number of carbonyl (C=O) groups excluding carboxylic acids is 1. The normalized spacial score (nSPS) is 18.2. The zero-order valence-electron chi connectivity index (χ0n) is 14.0. The zero-order chi connectivity index (χ0) is 17.0. The lowest BCUT2D eigenvalue weighted by atomic mass is 10.1. The number of hydrogen-bond donors (Lipinski definition) is 1. The van der Waals surface area contributed by atoms with Crippen LogP contribution in [-0.4, -0.2) is 54.0 Å². The van der Waals surface area contributed by atoms with E-state index < -0.39 is 11.6 Å². The van der Waals surface area contributed by atoms with Crippen LogP contribution in [0.1, 0.15) is 26.3 Å². The molecule has 128 valence electrons. The fraction of sp³-hybridized carbons (Fsp3) is 0.588. The summed E-state index contributed by atoms with van der Waals surface area (Å²) in [4.78, 5) is 16.3. The molecular formula is C17H25F2N3O. The van der Waals surface area contributed by atoms with Crippen molar-refractivity contribution >= 4 is 5.91 Å². The van der Waals surface area contributed by atoms with Crippen LogP contribution in [0.3, 0.4) is 0 Å². The van der Waals surface area contributed by atoms with Crippen molar-refractivity contribution < 1.29 is 13.6 Å². The number of amides is 1. The van der Waals surface area contributed by atoms with E-state index in [1.807, 2.05) is 20.8 Å². The van der Waals surface area contributed by atoms with Gasteiger partial charge in [0, 0.05) is 44.8 Å². The van der Waals surface area contributed by atoms with E-state index in [4.69, 9.17) is 0 Å². The largest absolute Gasteiger partial charge is 0.353 e. The van der Waals surface area contributed by atoms with Crippen LogP contribution in [0.15, 0.2) is 18.2 Å². The Morgan fingerprint density at radius 3 is 2.17 bits per heavy atom. The fourth-order valence-electron chi connectivity index (χ4n) is 2.84. The van der Waals surface area contributed by atoms with Gasteiger partial charge in [0.25, 0.3) is 0 Å². The van der Waals surface area contributed by atoms with Crippen LogP contribution in [0.25, 0.3) is 0 Å². The molecule has 1 fully saturated rings. The molecule has 1 saturated heterocycles. The Kier molecular flexibility index (Phi) is 6.07. The Morgan fingerprint density at radius 2 is 1.65 bits per heavy atom. The van der Waals surface area contributed by atoms with Gasteiger partial charge in [0.05, 0.1) is 6.04 Å². The minimum Gasteiger partial charge on any atom is -0.353 e. The van der Waals surface area contributed by atoms with E-state index in [0.717, 1.165) is 32.2 Å². The van der Waals surface area contributed by atoms with Gasteiger partial charge in [-0.05, 0) is 38.5 Å². The van der Waals surface area contributed by atoms with Gasteiger partial charge in [0.2, 0.25) is 5.91 Å². The van der Waals surface area contributed by atoms with E-state index in [9.17, 15) is 13.6 Å². The van der Waals surface area contributed by atoms with Gasteiger partial charge in [-0.3, -0.25) is 14.6 Å². The van der Waals surface area contributed by atoms with Gasteiger partial charge in [-0.2, -0.15) is 0 Å². The van der Waals surface area contributed by atoms with E-state index in [1.54, 1.807) is 0 Å². The lowest BCUT2D eigenvalue weighted by Gasteiger charge is -2.37. The summed E-state index contributed by atoms with van der Waals surface area (Å²) in [7, 11) is 0. The third-order valence-electron chi connectivity index (χ3n) is 4.09. The summed E-state index contributed by atoms with van der Waals surface area (Å²) in [5.41, 5.74) is 0.640. The highest BCUT2D eigenvalue weighted by molar-refractivity contribution is 5.81. The molecule has 1 amide bonds. The van der Waals surface area contributed by atoms with Gasteiger partial charge in [-0.25, -0.2) is 8.78 Å². The summed E-state index contributed by atoms with van der Waals surface area (Å²) >= 11 is 0. The van der Waals surface area contributed by atoms with Crippen molar-refractivity contribution in [2.24, 2.45) is 0 Å². The second-order valence-corrected chi connectivity index (χ2v) is 6.43. The number of piperazine rings is 1. The van der Waals surface area contributed by atoms with Gasteiger partial charge < -0.3 is 5.32 Å². The highest BCUT2D eigenvalue weighted by atomic mass is 19.1. The SMILES string of the molecule is CC(C)NC(=O)C(C)N1CCN(Cc2cc(F)cc(F)c2)CC1. The Bertz CT molecular complexity index is 522. The third-order valence-corrected chi connectivity index (χ3v) is 4.09. The molecule has 0 aromatic heterocycles. The number of benzene rings is 1. The van der Waals surface area contributed by atoms with Crippen molar-refractivity contribution in [1.82, 2.24) is 15.1 Å². The molecular weight excluding hydrogens is 300 g/mol. The minimum absolute atomic E-state index is 0.0423. The molecule has 4 nitrogen and oxygen atoms in total. The molecule has 0 bridgehead atoms. The highest BCUT2D eigenvalue weighted by Crippen LogP contribution is 2.13. The number of hydrogen-bond acceptors (Lipinski definition) is 3. The first-order valence-corrected chi connectivity index (χ1v) is 8.07. The molecule has 1 aliphatic rings. The number of carbonyl (C=O) groups is 1. The number of nitrogens with zero attached hydrogens (tertiary/aromatic N) is 2. The standard InChI is InChI=1S/C17H25F2N3O/c1-12(2)20-17(23)13(3)22-6-4-21(5-7-22)11-14-8-15(18)10-16(19)9-14/h8-10,12-13H,4-7,11H2,1-3H3,(H,20,23). The third kappa shape index (κ3) is 5.25. The number of halogens is 2. The van der Waals surface area contributed by atoms with Crippen molar-refractivity contribution in [3.63, 3.8) is 0 Å². The molecule has 1 heterocycles. The molecule has 1 aromatic carbocycles. The second-order valence-electron chi connectivity index (χ2n) is 6.43. The first kappa shape index (κ1) is 17.8. The van der Waals surface area contributed by atoms with Crippen molar-refractivity contribution in [2.45, 2.75) is 39.4 Å². The van der Waals surface area contributed by atoms with Gasteiger partial charge >= 0.3 is 0 Å². The average Bonchev–Trinajstić information content (AvgIpc) is 2.45. The maximum atomic E-state index is 13.2. The summed E-state index contributed by atoms with van der Waals surface area (Å²) in [5, 5.41) is 2.93. The Morgan fingerprint density at radius 1 is 1.09 bits per heavy atom. The van der Waals surface area contributed by atoms with Crippen molar-refractivity contribution in [1.29, 1.82) is 0 Å². The maximum absolute atomic E-state index is 13.2. The fourth-order valence-corrected chi connectivity index (χ4v) is 2.84. The first-order chi connectivity index (χ1) is 10.8. The smallest absolute Gasteiger partial charge is 0.237 e. The van der Waals surface area contributed by atoms with Gasteiger partial charge in [-0.1, -0.05) is 0 Å². The Hall–Kier alpha value is -1.53. The molecule has 0 radical (unpaired) electrons. The summed E-state index contributed by atoms with van der Waals surface area (Å²) < 4.78 is 26.5. The van der Waals surface area contributed by atoms with Crippen LogP contribution in [-0.2, 0) is 11.3 Å². The summed E-state index contributed by atoms with van der Waals surface area (Å²) in [6.45, 7) is 9.41. The van der Waals surface area contributed by atoms with Crippen LogP contribution in [0, 0.1) is 11.6 Å². The van der Waals surface area contributed by atoms with Crippen molar-refractivity contribution in [3.05, 3.63) is 35.4 Å². The predicted octanol–water partition coefficient (Wildman–Crippen LogP) is 2.00. The lowest BCUT2D eigenvalue weighted by Crippen LogP contribution is -2.54. The molecule has 2 rings (SSSR count). The molecule has 0 spiro atoms. The molecule has 0 saturated carbocycles. The zero-order valence-corrected chi connectivity index (χ0v) is 14.0. The molecule has 6 heteroatoms. The monoisotopic (exact) mass is 325 g/mol. The summed E-state index contributed by atoms with van der Waals surface area (Å²) in [5.74, 6) is -1.05. The van der Waals surface area contributed by atoms with E-state index in [2.05, 4.69) is 15.1 Å². The van der Waals surface area contributed by atoms with Crippen LogP contribution in [0.4, 0.5) is 8.78 Å². The quantitative estimate of drug-likeness (QED) is 0.899. The topological polar surface area (TPSA) is 35.6 Å². The van der Waals surface area contributed by atoms with Crippen molar-refractivity contribution in [2.75, 3.05) is 26.2 Å². The van der Waals surface area contributed by atoms with Gasteiger partial charge in [-0.15, -0.1) is 0 Å². The Labute approximate surface area is 136 Å². The maximum Gasteiger partial charge on any atom is 0.237 e. The van der Waals surface area contributed by atoms with Crippen LogP contribution in [0.2, 0.25) is 0 Å². The molecule has 1 aliphatic heterocycles. The van der Waals surface area contributed by atoms with Crippen LogP contribution in [0.5, 0.6) is 0 Å². The van der Waals surface area contributed by atoms with E-state index in [1.165, 1.54) is 12.1 Å². The molecule has 1 aromatic rings. The first-order valence-electron chi connectivity index (χ1n) is 8.07. The second kappa shape index (κ2) is 7.84. The predicted molar refractivity (Wildman–Crippen MR) is 85.9 cm³/mol. The van der Waals surface area contributed by atoms with Crippen molar-refractivity contribution in [3.8, 4) is 0 Å². The average molecular weight is 325 g/mol. The number of rotatable bonds is 5. The molecule has 1 unspecified atom stereocenters. The highest BCUT2D eigenvalue weighted by Gasteiger charge is 2.25. The van der Waals surface area contributed by atoms with Gasteiger partial charge in [0.1, 0.15) is 11.6 Å². The van der Waals surface area contributed by atoms with E-state index in [0.29, 0.717) is 12.1 Å². The van der Waals surface area contributed by atoms with E-state index in [-0.39, 0.29) is 18.0 Å². The van der Waals surface area contributed by atoms with Crippen LogP contribution < -0.4 is 5.32 Å². The Balaban J connectivity index is 1.85. The van der Waals surface area contributed by atoms with E-state index >= 15 is 0 Å². The number of nitrogens with one attached hydrogen (secondary N) is 1. The molecule has 1 N–H and O–H groups in total. The van der Waals surface area contributed by atoms with Gasteiger partial charge in [0.15, 0.2) is 0 Å².